The first-order valence-corrected chi connectivity index (χ1v) is 4.54. The Bertz CT molecular complexity index is 565. The Hall–Kier alpha value is -2.54. The van der Waals surface area contributed by atoms with E-state index in [1.54, 1.807) is 18.2 Å². The maximum Gasteiger partial charge on any atom is 0.249 e. The molecule has 2 N–H and O–H groups in total. The summed E-state index contributed by atoms with van der Waals surface area (Å²) in [6.45, 7) is 3.62. The van der Waals surface area contributed by atoms with Gasteiger partial charge < -0.3 is 10.5 Å². The average molecular weight is 212 g/mol. The monoisotopic (exact) mass is 212 g/mol. The smallest absolute Gasteiger partial charge is 0.249 e. The predicted octanol–water partition coefficient (Wildman–Crippen LogP) is 1.33. The van der Waals surface area contributed by atoms with Crippen molar-refractivity contribution in [3.05, 3.63) is 47.7 Å². The molecule has 1 aromatic carbocycles. The lowest BCUT2D eigenvalue weighted by atomic mass is 9.99. The molecule has 2 rings (SSSR count). The second-order valence-corrected chi connectivity index (χ2v) is 3.31. The second-order valence-electron chi connectivity index (χ2n) is 3.31. The summed E-state index contributed by atoms with van der Waals surface area (Å²) in [6.07, 6.45) is 1.46. The van der Waals surface area contributed by atoms with E-state index in [0.29, 0.717) is 28.2 Å². The molecule has 4 nitrogen and oxygen atoms in total. The highest BCUT2D eigenvalue weighted by atomic mass is 16.5. The van der Waals surface area contributed by atoms with Crippen LogP contribution in [0.25, 0.3) is 5.57 Å². The number of nitriles is 1. The summed E-state index contributed by atoms with van der Waals surface area (Å²) in [7, 11) is 0. The molecule has 0 saturated heterocycles. The van der Waals surface area contributed by atoms with Crippen molar-refractivity contribution in [2.45, 2.75) is 0 Å². The fourth-order valence-electron chi connectivity index (χ4n) is 1.51. The molecule has 0 atom stereocenters. The van der Waals surface area contributed by atoms with Gasteiger partial charge in [-0.05, 0) is 24.3 Å². The molecule has 1 aromatic rings. The van der Waals surface area contributed by atoms with Gasteiger partial charge in [-0.15, -0.1) is 0 Å². The van der Waals surface area contributed by atoms with Crippen LogP contribution in [0.15, 0.2) is 36.6 Å². The number of primary amides is 1. The van der Waals surface area contributed by atoms with Crippen LogP contribution in [0.5, 0.6) is 5.75 Å². The summed E-state index contributed by atoms with van der Waals surface area (Å²) in [4.78, 5) is 11.2. The van der Waals surface area contributed by atoms with Crippen LogP contribution in [0, 0.1) is 11.3 Å². The third-order valence-corrected chi connectivity index (χ3v) is 2.21. The number of amides is 1. The molecule has 0 radical (unpaired) electrons. The first kappa shape index (κ1) is 9.99. The Morgan fingerprint density at radius 1 is 1.50 bits per heavy atom. The SMILES string of the molecule is C=C1C=C(C(N)=O)c2cc(C#N)ccc2O1. The maximum absolute atomic E-state index is 11.2. The third-order valence-electron chi connectivity index (χ3n) is 2.21. The second kappa shape index (κ2) is 3.55. The number of ether oxygens (including phenoxy) is 1. The van der Waals surface area contributed by atoms with Crippen LogP contribution < -0.4 is 10.5 Å². The van der Waals surface area contributed by atoms with Crippen molar-refractivity contribution in [2.24, 2.45) is 5.73 Å². The molecule has 0 unspecified atom stereocenters. The molecule has 0 aromatic heterocycles. The molecule has 1 amide bonds. The van der Waals surface area contributed by atoms with E-state index in [-0.39, 0.29) is 0 Å². The number of carbonyl (C=O) groups is 1. The molecule has 4 heteroatoms. The maximum atomic E-state index is 11.2. The Morgan fingerprint density at radius 3 is 2.88 bits per heavy atom. The lowest BCUT2D eigenvalue weighted by Crippen LogP contribution is -2.16. The van der Waals surface area contributed by atoms with Crippen LogP contribution >= 0.6 is 0 Å². The van der Waals surface area contributed by atoms with E-state index < -0.39 is 5.91 Å². The largest absolute Gasteiger partial charge is 0.457 e. The molecule has 0 saturated carbocycles. The van der Waals surface area contributed by atoms with Gasteiger partial charge in [-0.25, -0.2) is 0 Å². The molecule has 0 aliphatic carbocycles. The van der Waals surface area contributed by atoms with Crippen LogP contribution in [-0.2, 0) is 4.79 Å². The molecule has 0 fully saturated rings. The van der Waals surface area contributed by atoms with Crippen molar-refractivity contribution < 1.29 is 9.53 Å². The molecule has 1 aliphatic rings. The summed E-state index contributed by atoms with van der Waals surface area (Å²) in [5, 5.41) is 8.77. The minimum atomic E-state index is -0.569. The minimum Gasteiger partial charge on any atom is -0.457 e. The van der Waals surface area contributed by atoms with Crippen molar-refractivity contribution >= 4 is 11.5 Å². The van der Waals surface area contributed by atoms with E-state index in [1.165, 1.54) is 6.08 Å². The Labute approximate surface area is 92.2 Å². The predicted molar refractivity (Wildman–Crippen MR) is 58.1 cm³/mol. The molecule has 0 bridgehead atoms. The fourth-order valence-corrected chi connectivity index (χ4v) is 1.51. The average Bonchev–Trinajstić information content (AvgIpc) is 2.27. The topological polar surface area (TPSA) is 76.1 Å². The van der Waals surface area contributed by atoms with E-state index >= 15 is 0 Å². The zero-order valence-corrected chi connectivity index (χ0v) is 8.36. The minimum absolute atomic E-state index is 0.309. The van der Waals surface area contributed by atoms with Crippen LogP contribution in [0.3, 0.4) is 0 Å². The number of allylic oxidation sites excluding steroid dienone is 1. The zero-order valence-electron chi connectivity index (χ0n) is 8.36. The van der Waals surface area contributed by atoms with Crippen LogP contribution in [0.4, 0.5) is 0 Å². The van der Waals surface area contributed by atoms with Gasteiger partial charge in [0.2, 0.25) is 5.91 Å². The highest BCUT2D eigenvalue weighted by Gasteiger charge is 2.20. The molecule has 1 heterocycles. The van der Waals surface area contributed by atoms with Crippen LogP contribution in [0.2, 0.25) is 0 Å². The molecule has 16 heavy (non-hydrogen) atoms. The molecular weight excluding hydrogens is 204 g/mol. The van der Waals surface area contributed by atoms with Crippen molar-refractivity contribution in [2.75, 3.05) is 0 Å². The summed E-state index contributed by atoms with van der Waals surface area (Å²) in [5.74, 6) is 0.270. The normalized spacial score (nSPS) is 13.2. The van der Waals surface area contributed by atoms with Gasteiger partial charge in [0.1, 0.15) is 11.5 Å². The van der Waals surface area contributed by atoms with E-state index in [0.717, 1.165) is 0 Å². The van der Waals surface area contributed by atoms with Crippen molar-refractivity contribution in [3.63, 3.8) is 0 Å². The lowest BCUT2D eigenvalue weighted by Gasteiger charge is -2.17. The number of fused-ring (bicyclic) bond motifs is 1. The summed E-state index contributed by atoms with van der Waals surface area (Å²) in [5.41, 5.74) is 6.53. The standard InChI is InChI=1S/C12H8N2O2/c1-7-4-10(12(14)15)9-5-8(6-13)2-3-11(9)16-7/h2-5H,1H2,(H2,14,15). The summed E-state index contributed by atoms with van der Waals surface area (Å²) in [6, 6.07) is 6.79. The lowest BCUT2D eigenvalue weighted by molar-refractivity contribution is -0.112. The molecule has 78 valence electrons. The van der Waals surface area contributed by atoms with E-state index in [2.05, 4.69) is 6.58 Å². The fraction of sp³-hybridized carbons (Fsp3) is 0. The number of hydrogen-bond acceptors (Lipinski definition) is 3. The number of nitrogens with zero attached hydrogens (tertiary/aromatic N) is 1. The van der Waals surface area contributed by atoms with Gasteiger partial charge in [-0.2, -0.15) is 5.26 Å². The van der Waals surface area contributed by atoms with Gasteiger partial charge in [0, 0.05) is 5.56 Å². The Kier molecular flexibility index (Phi) is 2.22. The summed E-state index contributed by atoms with van der Waals surface area (Å²) >= 11 is 0. The van der Waals surface area contributed by atoms with E-state index in [4.69, 9.17) is 15.7 Å². The van der Waals surface area contributed by atoms with Gasteiger partial charge in [-0.3, -0.25) is 4.79 Å². The van der Waals surface area contributed by atoms with Gasteiger partial charge in [0.05, 0.1) is 17.2 Å². The third kappa shape index (κ3) is 1.55. The number of nitrogens with two attached hydrogens (primary N) is 1. The summed E-state index contributed by atoms with van der Waals surface area (Å²) < 4.78 is 5.32. The molecule has 0 spiro atoms. The van der Waals surface area contributed by atoms with E-state index in [9.17, 15) is 4.79 Å². The first-order chi connectivity index (χ1) is 7.61. The van der Waals surface area contributed by atoms with Crippen molar-refractivity contribution in [1.82, 2.24) is 0 Å². The molecular formula is C12H8N2O2. The van der Waals surface area contributed by atoms with E-state index in [1.807, 2.05) is 6.07 Å². The highest BCUT2D eigenvalue weighted by molar-refractivity contribution is 6.20. The number of hydrogen-bond donors (Lipinski definition) is 1. The zero-order chi connectivity index (χ0) is 11.7. The van der Waals surface area contributed by atoms with Gasteiger partial charge in [0.25, 0.3) is 0 Å². The van der Waals surface area contributed by atoms with Gasteiger partial charge in [0.15, 0.2) is 0 Å². The highest BCUT2D eigenvalue weighted by Crippen LogP contribution is 2.33. The first-order valence-electron chi connectivity index (χ1n) is 4.54. The number of rotatable bonds is 1. The number of carbonyl (C=O) groups excluding carboxylic acids is 1. The van der Waals surface area contributed by atoms with Crippen molar-refractivity contribution in [3.8, 4) is 11.8 Å². The van der Waals surface area contributed by atoms with Crippen molar-refractivity contribution in [1.29, 1.82) is 5.26 Å². The Balaban J connectivity index is 2.64. The Morgan fingerprint density at radius 2 is 2.25 bits per heavy atom. The molecule has 1 aliphatic heterocycles. The van der Waals surface area contributed by atoms with Gasteiger partial charge in [-0.1, -0.05) is 6.58 Å². The quantitative estimate of drug-likeness (QED) is 0.762. The van der Waals surface area contributed by atoms with Gasteiger partial charge >= 0.3 is 0 Å². The number of benzene rings is 1. The van der Waals surface area contributed by atoms with Crippen LogP contribution in [0.1, 0.15) is 11.1 Å². The van der Waals surface area contributed by atoms with Crippen LogP contribution in [-0.4, -0.2) is 5.91 Å².